The summed E-state index contributed by atoms with van der Waals surface area (Å²) in [6, 6.07) is 6.73. The maximum absolute atomic E-state index is 8.45. The van der Waals surface area contributed by atoms with E-state index in [1.807, 2.05) is 6.07 Å². The number of hydrogen-bond acceptors (Lipinski definition) is 1. The number of rotatable bonds is 0. The SMILES string of the molecule is [B]c1ccc(Cl)cc1C#N. The molecule has 1 rings (SSSR count). The molecule has 1 aromatic rings. The zero-order chi connectivity index (χ0) is 7.56. The van der Waals surface area contributed by atoms with E-state index in [4.69, 9.17) is 24.7 Å². The summed E-state index contributed by atoms with van der Waals surface area (Å²) in [6.07, 6.45) is 0. The van der Waals surface area contributed by atoms with Gasteiger partial charge in [-0.05, 0) is 12.1 Å². The summed E-state index contributed by atoms with van der Waals surface area (Å²) in [5, 5.41) is 8.99. The van der Waals surface area contributed by atoms with Crippen LogP contribution in [0.4, 0.5) is 0 Å². The molecule has 0 saturated heterocycles. The molecule has 0 bridgehead atoms. The summed E-state index contributed by atoms with van der Waals surface area (Å²) in [5.74, 6) is 0. The minimum Gasteiger partial charge on any atom is -0.192 e. The number of nitriles is 1. The van der Waals surface area contributed by atoms with Gasteiger partial charge < -0.3 is 0 Å². The molecule has 0 N–H and O–H groups in total. The lowest BCUT2D eigenvalue weighted by Crippen LogP contribution is -2.06. The van der Waals surface area contributed by atoms with Crippen molar-refractivity contribution in [3.63, 3.8) is 0 Å². The molecule has 46 valence electrons. The van der Waals surface area contributed by atoms with E-state index in [-0.39, 0.29) is 0 Å². The number of nitrogens with zero attached hydrogens (tertiary/aromatic N) is 1. The first kappa shape index (κ1) is 7.18. The van der Waals surface area contributed by atoms with Crippen molar-refractivity contribution >= 4 is 24.9 Å². The van der Waals surface area contributed by atoms with Crippen molar-refractivity contribution in [1.29, 1.82) is 5.26 Å². The summed E-state index contributed by atoms with van der Waals surface area (Å²) in [5.41, 5.74) is 0.888. The molecule has 0 aliphatic rings. The average molecular weight is 147 g/mol. The van der Waals surface area contributed by atoms with E-state index < -0.39 is 0 Å². The average Bonchev–Trinajstić information content (AvgIpc) is 1.94. The van der Waals surface area contributed by atoms with E-state index in [0.717, 1.165) is 0 Å². The van der Waals surface area contributed by atoms with Crippen molar-refractivity contribution in [2.24, 2.45) is 0 Å². The topological polar surface area (TPSA) is 23.8 Å². The van der Waals surface area contributed by atoms with Crippen molar-refractivity contribution in [2.75, 3.05) is 0 Å². The Balaban J connectivity index is 3.25. The molecule has 0 amide bonds. The smallest absolute Gasteiger partial charge is 0.115 e. The summed E-state index contributed by atoms with van der Waals surface area (Å²) < 4.78 is 0. The number of hydrogen-bond donors (Lipinski definition) is 0. The van der Waals surface area contributed by atoms with Gasteiger partial charge in [0.1, 0.15) is 7.85 Å². The fraction of sp³-hybridized carbons (Fsp3) is 0. The summed E-state index contributed by atoms with van der Waals surface area (Å²) in [4.78, 5) is 0. The Kier molecular flexibility index (Phi) is 1.98. The molecular formula is C7H3BClN. The van der Waals surface area contributed by atoms with Gasteiger partial charge in [0.05, 0.1) is 6.07 Å². The normalized spacial score (nSPS) is 8.80. The van der Waals surface area contributed by atoms with Crippen LogP contribution in [0, 0.1) is 11.3 Å². The van der Waals surface area contributed by atoms with Crippen molar-refractivity contribution < 1.29 is 0 Å². The fourth-order valence-corrected chi connectivity index (χ4v) is 0.797. The van der Waals surface area contributed by atoms with Crippen molar-refractivity contribution in [3.05, 3.63) is 28.8 Å². The van der Waals surface area contributed by atoms with Crippen molar-refractivity contribution in [2.45, 2.75) is 0 Å². The standard InChI is InChI=1S/C7H3BClN/c8-7-2-1-6(9)3-5(7)4-10/h1-3H. The van der Waals surface area contributed by atoms with Gasteiger partial charge in [0.2, 0.25) is 0 Å². The quantitative estimate of drug-likeness (QED) is 0.502. The van der Waals surface area contributed by atoms with Gasteiger partial charge in [-0.25, -0.2) is 0 Å². The highest BCUT2D eigenvalue weighted by Gasteiger charge is 1.95. The lowest BCUT2D eigenvalue weighted by Gasteiger charge is -1.95. The van der Waals surface area contributed by atoms with Crippen LogP contribution in [0.25, 0.3) is 0 Å². The molecular weight excluding hydrogens is 144 g/mol. The lowest BCUT2D eigenvalue weighted by atomic mass is 9.91. The van der Waals surface area contributed by atoms with E-state index in [2.05, 4.69) is 0 Å². The summed E-state index contributed by atoms with van der Waals surface area (Å²) in [7, 11) is 5.42. The first-order chi connectivity index (χ1) is 4.74. The predicted molar refractivity (Wildman–Crippen MR) is 41.6 cm³/mol. The Morgan fingerprint density at radius 3 is 2.70 bits per heavy atom. The summed E-state index contributed by atoms with van der Waals surface area (Å²) in [6.45, 7) is 0. The maximum Gasteiger partial charge on any atom is 0.115 e. The molecule has 0 spiro atoms. The van der Waals surface area contributed by atoms with Gasteiger partial charge in [-0.1, -0.05) is 23.1 Å². The highest BCUT2D eigenvalue weighted by Crippen LogP contribution is 2.06. The molecule has 1 aromatic carbocycles. The van der Waals surface area contributed by atoms with Gasteiger partial charge in [0, 0.05) is 10.6 Å². The zero-order valence-electron chi connectivity index (χ0n) is 5.13. The Morgan fingerprint density at radius 2 is 2.20 bits per heavy atom. The van der Waals surface area contributed by atoms with E-state index in [0.29, 0.717) is 16.0 Å². The molecule has 0 saturated carbocycles. The monoisotopic (exact) mass is 147 g/mol. The van der Waals surface area contributed by atoms with Crippen LogP contribution in [0.1, 0.15) is 5.56 Å². The van der Waals surface area contributed by atoms with Gasteiger partial charge in [-0.15, -0.1) is 0 Å². The van der Waals surface area contributed by atoms with Gasteiger partial charge in [0.15, 0.2) is 0 Å². The third-order valence-electron chi connectivity index (χ3n) is 1.14. The number of benzene rings is 1. The van der Waals surface area contributed by atoms with Crippen LogP contribution in [0.3, 0.4) is 0 Å². The van der Waals surface area contributed by atoms with Crippen molar-refractivity contribution in [3.8, 4) is 6.07 Å². The van der Waals surface area contributed by atoms with E-state index in [9.17, 15) is 0 Å². The zero-order valence-corrected chi connectivity index (χ0v) is 5.89. The fourth-order valence-electron chi connectivity index (χ4n) is 0.625. The molecule has 0 heterocycles. The molecule has 0 unspecified atom stereocenters. The van der Waals surface area contributed by atoms with Crippen molar-refractivity contribution in [1.82, 2.24) is 0 Å². The van der Waals surface area contributed by atoms with E-state index in [1.165, 1.54) is 6.07 Å². The molecule has 0 fully saturated rings. The second kappa shape index (κ2) is 2.77. The highest BCUT2D eigenvalue weighted by atomic mass is 35.5. The molecule has 1 nitrogen and oxygen atoms in total. The van der Waals surface area contributed by atoms with E-state index in [1.54, 1.807) is 12.1 Å². The largest absolute Gasteiger partial charge is 0.192 e. The molecule has 2 radical (unpaired) electrons. The van der Waals surface area contributed by atoms with Crippen LogP contribution in [0.2, 0.25) is 5.02 Å². The lowest BCUT2D eigenvalue weighted by molar-refractivity contribution is 1.50. The van der Waals surface area contributed by atoms with Crippen LogP contribution in [0.15, 0.2) is 18.2 Å². The number of halogens is 1. The Hall–Kier alpha value is -0.935. The second-order valence-electron chi connectivity index (χ2n) is 1.84. The Morgan fingerprint density at radius 1 is 1.50 bits per heavy atom. The highest BCUT2D eigenvalue weighted by molar-refractivity contribution is 6.35. The van der Waals surface area contributed by atoms with Gasteiger partial charge in [0.25, 0.3) is 0 Å². The molecule has 3 heteroatoms. The van der Waals surface area contributed by atoms with Gasteiger partial charge in [-0.2, -0.15) is 5.26 Å². The first-order valence-corrected chi connectivity index (χ1v) is 3.07. The molecule has 0 aromatic heterocycles. The molecule has 0 aliphatic heterocycles. The molecule has 0 atom stereocenters. The third kappa shape index (κ3) is 1.31. The second-order valence-corrected chi connectivity index (χ2v) is 2.28. The minimum absolute atomic E-state index is 0.424. The van der Waals surface area contributed by atoms with Crippen LogP contribution < -0.4 is 5.46 Å². The Bertz CT molecular complexity index is 290. The van der Waals surface area contributed by atoms with Crippen LogP contribution >= 0.6 is 11.6 Å². The van der Waals surface area contributed by atoms with E-state index >= 15 is 0 Å². The van der Waals surface area contributed by atoms with Gasteiger partial charge >= 0.3 is 0 Å². The maximum atomic E-state index is 8.45. The minimum atomic E-state index is 0.424. The third-order valence-corrected chi connectivity index (χ3v) is 1.37. The van der Waals surface area contributed by atoms with Gasteiger partial charge in [-0.3, -0.25) is 0 Å². The molecule has 10 heavy (non-hydrogen) atoms. The Labute approximate surface area is 65.6 Å². The molecule has 0 aliphatic carbocycles. The van der Waals surface area contributed by atoms with Crippen LogP contribution in [-0.2, 0) is 0 Å². The van der Waals surface area contributed by atoms with Crippen LogP contribution in [-0.4, -0.2) is 7.85 Å². The summed E-state index contributed by atoms with van der Waals surface area (Å²) >= 11 is 5.59. The first-order valence-electron chi connectivity index (χ1n) is 2.69. The predicted octanol–water partition coefficient (Wildman–Crippen LogP) is 1.01. The van der Waals surface area contributed by atoms with Crippen LogP contribution in [0.5, 0.6) is 0 Å².